The number of thiazole rings is 1. The normalized spacial score (nSPS) is 10.2. The van der Waals surface area contributed by atoms with Gasteiger partial charge in [0.25, 0.3) is 5.91 Å². The number of anilines is 2. The summed E-state index contributed by atoms with van der Waals surface area (Å²) in [6.07, 6.45) is 0.244. The van der Waals surface area contributed by atoms with Gasteiger partial charge < -0.3 is 20.1 Å². The van der Waals surface area contributed by atoms with Gasteiger partial charge in [0.1, 0.15) is 5.69 Å². The van der Waals surface area contributed by atoms with Gasteiger partial charge in [0, 0.05) is 17.1 Å². The average Bonchev–Trinajstić information content (AvgIpc) is 3.17. The van der Waals surface area contributed by atoms with Gasteiger partial charge in [0.2, 0.25) is 5.91 Å². The number of nitrogens with one attached hydrogen (secondary N) is 2. The predicted molar refractivity (Wildman–Crippen MR) is 108 cm³/mol. The molecule has 0 aliphatic heterocycles. The minimum atomic E-state index is -0.382. The molecule has 3 aromatic rings. The van der Waals surface area contributed by atoms with Crippen LogP contribution in [-0.2, 0) is 11.2 Å². The minimum absolute atomic E-state index is 0.188. The molecule has 0 fully saturated rings. The maximum atomic E-state index is 12.4. The highest BCUT2D eigenvalue weighted by Gasteiger charge is 2.14. The third-order valence-corrected chi connectivity index (χ3v) is 4.59. The summed E-state index contributed by atoms with van der Waals surface area (Å²) < 4.78 is 10.4. The fraction of sp³-hybridized carbons (Fsp3) is 0.150. The molecule has 0 radical (unpaired) electrons. The van der Waals surface area contributed by atoms with Crippen molar-refractivity contribution in [3.05, 3.63) is 65.2 Å². The molecule has 2 aromatic carbocycles. The highest BCUT2D eigenvalue weighted by molar-refractivity contribution is 7.14. The number of rotatable bonds is 7. The molecule has 0 bridgehead atoms. The fourth-order valence-electron chi connectivity index (χ4n) is 2.49. The first-order valence-corrected chi connectivity index (χ1v) is 9.29. The number of hydrogen-bond acceptors (Lipinski definition) is 6. The van der Waals surface area contributed by atoms with Crippen molar-refractivity contribution < 1.29 is 19.1 Å². The van der Waals surface area contributed by atoms with Crippen LogP contribution in [0.15, 0.2) is 53.9 Å². The fourth-order valence-corrected chi connectivity index (χ4v) is 3.20. The molecular formula is C20H19N3O4S. The molecule has 7 nitrogen and oxygen atoms in total. The molecule has 2 amide bonds. The van der Waals surface area contributed by atoms with Crippen molar-refractivity contribution >= 4 is 34.0 Å². The first kappa shape index (κ1) is 19.4. The van der Waals surface area contributed by atoms with E-state index < -0.39 is 0 Å². The number of nitrogens with zero attached hydrogens (tertiary/aromatic N) is 1. The van der Waals surface area contributed by atoms with Crippen molar-refractivity contribution in [2.75, 3.05) is 24.9 Å². The molecule has 0 unspecified atom stereocenters. The summed E-state index contributed by atoms with van der Waals surface area (Å²) in [4.78, 5) is 28.7. The van der Waals surface area contributed by atoms with Gasteiger partial charge in [-0.05, 0) is 17.7 Å². The zero-order chi connectivity index (χ0) is 19.9. The van der Waals surface area contributed by atoms with Gasteiger partial charge in [0.15, 0.2) is 16.6 Å². The van der Waals surface area contributed by atoms with Crippen molar-refractivity contribution in [3.8, 4) is 11.5 Å². The monoisotopic (exact) mass is 397 g/mol. The van der Waals surface area contributed by atoms with Crippen LogP contribution in [0.5, 0.6) is 11.5 Å². The van der Waals surface area contributed by atoms with E-state index in [1.165, 1.54) is 18.4 Å². The number of benzene rings is 2. The summed E-state index contributed by atoms with van der Waals surface area (Å²) in [5.41, 5.74) is 1.67. The highest BCUT2D eigenvalue weighted by atomic mass is 32.1. The Morgan fingerprint density at radius 1 is 1.00 bits per heavy atom. The van der Waals surface area contributed by atoms with Crippen molar-refractivity contribution in [2.24, 2.45) is 0 Å². The first-order valence-electron chi connectivity index (χ1n) is 8.41. The van der Waals surface area contributed by atoms with Gasteiger partial charge in [-0.15, -0.1) is 11.3 Å². The summed E-state index contributed by atoms with van der Waals surface area (Å²) in [6.45, 7) is 0. The molecule has 0 saturated heterocycles. The lowest BCUT2D eigenvalue weighted by Crippen LogP contribution is -2.15. The van der Waals surface area contributed by atoms with E-state index in [9.17, 15) is 9.59 Å². The second kappa shape index (κ2) is 9.01. The summed E-state index contributed by atoms with van der Waals surface area (Å²) in [6, 6.07) is 14.5. The summed E-state index contributed by atoms with van der Waals surface area (Å²) >= 11 is 1.19. The van der Waals surface area contributed by atoms with Crippen LogP contribution in [0.3, 0.4) is 0 Å². The largest absolute Gasteiger partial charge is 0.493 e. The molecule has 0 aliphatic rings. The molecule has 0 atom stereocenters. The molecule has 0 aliphatic carbocycles. The van der Waals surface area contributed by atoms with Gasteiger partial charge in [-0.3, -0.25) is 9.59 Å². The van der Waals surface area contributed by atoms with E-state index in [2.05, 4.69) is 15.6 Å². The Hall–Kier alpha value is -3.39. The standard InChI is InChI=1S/C20H19N3O4S/c1-26-16-9-8-14(11-17(16)27-2)21-19(25)15-12-28-20(22-15)23-18(24)10-13-6-4-3-5-7-13/h3-9,11-12H,10H2,1-2H3,(H,21,25)(H,22,23,24). The van der Waals surface area contributed by atoms with Gasteiger partial charge in [0.05, 0.1) is 20.6 Å². The third-order valence-electron chi connectivity index (χ3n) is 3.83. The van der Waals surface area contributed by atoms with E-state index in [0.717, 1.165) is 5.56 Å². The van der Waals surface area contributed by atoms with Crippen LogP contribution in [0.2, 0.25) is 0 Å². The molecule has 1 heterocycles. The molecule has 3 rings (SSSR count). The van der Waals surface area contributed by atoms with Crippen LogP contribution >= 0.6 is 11.3 Å². The molecule has 28 heavy (non-hydrogen) atoms. The average molecular weight is 397 g/mol. The summed E-state index contributed by atoms with van der Waals surface area (Å²) in [5, 5.41) is 7.43. The minimum Gasteiger partial charge on any atom is -0.493 e. The number of amides is 2. The molecule has 0 spiro atoms. The lowest BCUT2D eigenvalue weighted by molar-refractivity contribution is -0.115. The maximum absolute atomic E-state index is 12.4. The Morgan fingerprint density at radius 3 is 2.46 bits per heavy atom. The van der Waals surface area contributed by atoms with Gasteiger partial charge in [-0.25, -0.2) is 4.98 Å². The van der Waals surface area contributed by atoms with Crippen molar-refractivity contribution in [3.63, 3.8) is 0 Å². The molecule has 1 aromatic heterocycles. The van der Waals surface area contributed by atoms with Crippen molar-refractivity contribution in [1.29, 1.82) is 0 Å². The molecule has 144 valence electrons. The van der Waals surface area contributed by atoms with Crippen molar-refractivity contribution in [1.82, 2.24) is 4.98 Å². The number of aromatic nitrogens is 1. The van der Waals surface area contributed by atoms with E-state index in [-0.39, 0.29) is 23.9 Å². The Labute approximate surface area is 166 Å². The predicted octanol–water partition coefficient (Wildman–Crippen LogP) is 3.59. The van der Waals surface area contributed by atoms with E-state index in [1.54, 1.807) is 30.7 Å². The topological polar surface area (TPSA) is 89.6 Å². The van der Waals surface area contributed by atoms with Crippen LogP contribution < -0.4 is 20.1 Å². The van der Waals surface area contributed by atoms with E-state index in [0.29, 0.717) is 22.3 Å². The van der Waals surface area contributed by atoms with Crippen molar-refractivity contribution in [2.45, 2.75) is 6.42 Å². The number of hydrogen-bond donors (Lipinski definition) is 2. The second-order valence-corrected chi connectivity index (χ2v) is 6.63. The SMILES string of the molecule is COc1ccc(NC(=O)c2csc(NC(=O)Cc3ccccc3)n2)cc1OC. The smallest absolute Gasteiger partial charge is 0.275 e. The van der Waals surface area contributed by atoms with Gasteiger partial charge in [-0.1, -0.05) is 30.3 Å². The Bertz CT molecular complexity index is 973. The van der Waals surface area contributed by atoms with Crippen LogP contribution in [0.25, 0.3) is 0 Å². The van der Waals surface area contributed by atoms with E-state index in [1.807, 2.05) is 30.3 Å². The van der Waals surface area contributed by atoms with Crippen LogP contribution in [-0.4, -0.2) is 31.0 Å². The van der Waals surface area contributed by atoms with Crippen LogP contribution in [0.4, 0.5) is 10.8 Å². The third kappa shape index (κ3) is 4.86. The first-order chi connectivity index (χ1) is 13.6. The Kier molecular flexibility index (Phi) is 6.23. The zero-order valence-electron chi connectivity index (χ0n) is 15.4. The van der Waals surface area contributed by atoms with Crippen LogP contribution in [0, 0.1) is 0 Å². The quantitative estimate of drug-likeness (QED) is 0.636. The number of carbonyl (C=O) groups is 2. The lowest BCUT2D eigenvalue weighted by Gasteiger charge is -2.10. The molecule has 8 heteroatoms. The van der Waals surface area contributed by atoms with Gasteiger partial charge in [-0.2, -0.15) is 0 Å². The molecular weight excluding hydrogens is 378 g/mol. The van der Waals surface area contributed by atoms with Gasteiger partial charge >= 0.3 is 0 Å². The number of methoxy groups -OCH3 is 2. The second-order valence-electron chi connectivity index (χ2n) is 5.77. The number of carbonyl (C=O) groups excluding carboxylic acids is 2. The number of ether oxygens (including phenoxy) is 2. The van der Waals surface area contributed by atoms with E-state index in [4.69, 9.17) is 9.47 Å². The maximum Gasteiger partial charge on any atom is 0.275 e. The summed E-state index contributed by atoms with van der Waals surface area (Å²) in [5.74, 6) is 0.504. The Morgan fingerprint density at radius 2 is 1.75 bits per heavy atom. The zero-order valence-corrected chi connectivity index (χ0v) is 16.2. The summed E-state index contributed by atoms with van der Waals surface area (Å²) in [7, 11) is 3.06. The van der Waals surface area contributed by atoms with Crippen LogP contribution in [0.1, 0.15) is 16.1 Å². The van der Waals surface area contributed by atoms with E-state index >= 15 is 0 Å². The lowest BCUT2D eigenvalue weighted by atomic mass is 10.1. The molecule has 2 N–H and O–H groups in total. The Balaban J connectivity index is 1.61. The molecule has 0 saturated carbocycles. The highest BCUT2D eigenvalue weighted by Crippen LogP contribution is 2.30.